The Labute approximate surface area is 180 Å². The van der Waals surface area contributed by atoms with Crippen LogP contribution in [-0.2, 0) is 14.4 Å². The van der Waals surface area contributed by atoms with Gasteiger partial charge in [0.05, 0.1) is 13.7 Å². The number of hydrogen-bond acceptors (Lipinski definition) is 5. The summed E-state index contributed by atoms with van der Waals surface area (Å²) in [5.41, 5.74) is 4.17. The molecule has 3 rings (SSSR count). The average Bonchev–Trinajstić information content (AvgIpc) is 2.79. The van der Waals surface area contributed by atoms with Gasteiger partial charge in [-0.05, 0) is 25.0 Å². The Bertz CT molecular complexity index is 847. The third-order valence-corrected chi connectivity index (χ3v) is 5.43. The van der Waals surface area contributed by atoms with E-state index in [-0.39, 0.29) is 44.0 Å². The molecule has 31 heavy (non-hydrogen) atoms. The minimum Gasteiger partial charge on any atom is -0.497 e. The van der Waals surface area contributed by atoms with Crippen molar-refractivity contribution in [2.24, 2.45) is 0 Å². The fourth-order valence-electron chi connectivity index (χ4n) is 3.71. The smallest absolute Gasteiger partial charge is 0.321 e. The van der Waals surface area contributed by atoms with Gasteiger partial charge in [0.2, 0.25) is 11.8 Å². The zero-order valence-electron chi connectivity index (χ0n) is 17.6. The van der Waals surface area contributed by atoms with Crippen LogP contribution in [0, 0.1) is 0 Å². The molecule has 0 aliphatic carbocycles. The topological polar surface area (TPSA) is 148 Å². The largest absolute Gasteiger partial charge is 0.497 e. The number of urea groups is 1. The Morgan fingerprint density at radius 2 is 2.10 bits per heavy atom. The fourth-order valence-corrected chi connectivity index (χ4v) is 3.71. The van der Waals surface area contributed by atoms with Crippen LogP contribution in [0.25, 0.3) is 0 Å². The Morgan fingerprint density at radius 1 is 1.29 bits per heavy atom. The van der Waals surface area contributed by atoms with Crippen molar-refractivity contribution in [1.82, 2.24) is 20.4 Å². The van der Waals surface area contributed by atoms with Crippen LogP contribution in [0.4, 0.5) is 10.5 Å². The molecule has 2 atom stereocenters. The summed E-state index contributed by atoms with van der Waals surface area (Å²) in [5.74, 6) is -0.367. The molecule has 0 radical (unpaired) electrons. The number of carbonyl (C=O) groups is 4. The first-order chi connectivity index (χ1) is 14.9. The van der Waals surface area contributed by atoms with E-state index in [9.17, 15) is 19.2 Å². The van der Waals surface area contributed by atoms with Gasteiger partial charge in [0.15, 0.2) is 6.54 Å². The number of amides is 5. The third-order valence-electron chi connectivity index (χ3n) is 5.43. The summed E-state index contributed by atoms with van der Waals surface area (Å²) in [6.07, 6.45) is 1.30. The van der Waals surface area contributed by atoms with E-state index in [0.717, 1.165) is 6.42 Å². The van der Waals surface area contributed by atoms with Crippen LogP contribution in [0.15, 0.2) is 24.3 Å². The van der Waals surface area contributed by atoms with Crippen LogP contribution in [0.2, 0.25) is 0 Å². The van der Waals surface area contributed by atoms with Crippen molar-refractivity contribution in [3.63, 3.8) is 0 Å². The van der Waals surface area contributed by atoms with E-state index in [4.69, 9.17) is 4.74 Å². The number of piperazine rings is 1. The van der Waals surface area contributed by atoms with Crippen LogP contribution in [0.5, 0.6) is 5.75 Å². The summed E-state index contributed by atoms with van der Waals surface area (Å²) in [6, 6.07) is 5.02. The van der Waals surface area contributed by atoms with Crippen LogP contribution in [0.1, 0.15) is 12.8 Å². The molecule has 168 valence electrons. The molecule has 11 heteroatoms. The van der Waals surface area contributed by atoms with Crippen molar-refractivity contribution in [2.45, 2.75) is 24.9 Å². The van der Waals surface area contributed by atoms with Gasteiger partial charge < -0.3 is 36.2 Å². The average molecular weight is 433 g/mol. The zero-order chi connectivity index (χ0) is 22.4. The maximum atomic E-state index is 13.0. The molecular weight excluding hydrogens is 404 g/mol. The summed E-state index contributed by atoms with van der Waals surface area (Å²) >= 11 is 0. The number of carbonyl (C=O) groups excluding carboxylic acids is 4. The van der Waals surface area contributed by atoms with Crippen LogP contribution in [-0.4, -0.2) is 85.5 Å². The molecule has 1 aromatic carbocycles. The summed E-state index contributed by atoms with van der Waals surface area (Å²) in [6.45, 7) is 1.08. The Balaban J connectivity index is 1.70. The maximum absolute atomic E-state index is 13.0. The van der Waals surface area contributed by atoms with E-state index < -0.39 is 18.0 Å². The van der Waals surface area contributed by atoms with Gasteiger partial charge >= 0.3 is 6.03 Å². The standard InChI is InChI=1S/C20H28N6O5/c1-31-14-5-2-4-13(10-14)23-20(30)25-8-9-26(17(27)11-21)16(12-25)19(29)24-15-6-3-7-22-18(15)28/h2,4-5,10,15-16H,3,6-9,11-12,21H2,1H3,(H,22,28)(H,23,30)(H,24,29)/p+1/t15-,16-/m0/s1. The second-order valence-electron chi connectivity index (χ2n) is 7.46. The number of nitrogens with one attached hydrogen (secondary N) is 3. The van der Waals surface area contributed by atoms with Gasteiger partial charge in [0.1, 0.15) is 17.8 Å². The first kappa shape index (κ1) is 22.3. The van der Waals surface area contributed by atoms with Gasteiger partial charge in [0.25, 0.3) is 5.91 Å². The van der Waals surface area contributed by atoms with Crippen molar-refractivity contribution in [3.8, 4) is 5.75 Å². The van der Waals surface area contributed by atoms with E-state index >= 15 is 0 Å². The lowest BCUT2D eigenvalue weighted by Gasteiger charge is -2.40. The van der Waals surface area contributed by atoms with E-state index in [2.05, 4.69) is 21.7 Å². The van der Waals surface area contributed by atoms with Crippen molar-refractivity contribution < 1.29 is 29.6 Å². The van der Waals surface area contributed by atoms with Crippen molar-refractivity contribution in [2.75, 3.05) is 45.2 Å². The van der Waals surface area contributed by atoms with Gasteiger partial charge in [-0.15, -0.1) is 0 Å². The number of quaternary nitrogens is 1. The second kappa shape index (κ2) is 10.1. The normalized spacial score (nSPS) is 21.2. The molecule has 2 aliphatic heterocycles. The van der Waals surface area contributed by atoms with E-state index in [1.165, 1.54) is 16.9 Å². The van der Waals surface area contributed by atoms with Crippen LogP contribution in [0.3, 0.4) is 0 Å². The molecule has 0 bridgehead atoms. The second-order valence-corrected chi connectivity index (χ2v) is 7.46. The number of rotatable bonds is 5. The molecule has 2 heterocycles. The number of anilines is 1. The number of hydrogen-bond donors (Lipinski definition) is 4. The zero-order valence-corrected chi connectivity index (χ0v) is 17.6. The van der Waals surface area contributed by atoms with Gasteiger partial charge in [-0.3, -0.25) is 14.4 Å². The van der Waals surface area contributed by atoms with E-state index in [0.29, 0.717) is 24.4 Å². The number of ether oxygens (including phenoxy) is 1. The number of nitrogens with zero attached hydrogens (tertiary/aromatic N) is 2. The Hall–Kier alpha value is -3.34. The summed E-state index contributed by atoms with van der Waals surface area (Å²) in [5, 5.41) is 8.24. The predicted molar refractivity (Wildman–Crippen MR) is 111 cm³/mol. The molecule has 5 amide bonds. The molecule has 0 aromatic heterocycles. The highest BCUT2D eigenvalue weighted by atomic mass is 16.5. The van der Waals surface area contributed by atoms with Gasteiger partial charge in [-0.1, -0.05) is 6.07 Å². The molecule has 0 unspecified atom stereocenters. The van der Waals surface area contributed by atoms with Crippen molar-refractivity contribution in [1.29, 1.82) is 0 Å². The number of piperidine rings is 1. The predicted octanol–water partition coefficient (Wildman–Crippen LogP) is -1.62. The fraction of sp³-hybridized carbons (Fsp3) is 0.500. The SMILES string of the molecule is COc1cccc(NC(=O)N2CCN(C(=O)C[NH3+])[C@H](C(=O)N[C@H]3CCCNC3=O)C2)c1. The lowest BCUT2D eigenvalue weighted by Crippen LogP contribution is -2.67. The van der Waals surface area contributed by atoms with E-state index in [1.807, 2.05) is 0 Å². The number of methoxy groups -OCH3 is 1. The highest BCUT2D eigenvalue weighted by Gasteiger charge is 2.38. The molecule has 6 N–H and O–H groups in total. The first-order valence-corrected chi connectivity index (χ1v) is 10.3. The highest BCUT2D eigenvalue weighted by Crippen LogP contribution is 2.18. The van der Waals surface area contributed by atoms with Crippen LogP contribution >= 0.6 is 0 Å². The van der Waals surface area contributed by atoms with E-state index in [1.54, 1.807) is 24.3 Å². The monoisotopic (exact) mass is 433 g/mol. The molecule has 0 saturated carbocycles. The maximum Gasteiger partial charge on any atom is 0.321 e. The number of benzene rings is 1. The molecule has 11 nitrogen and oxygen atoms in total. The lowest BCUT2D eigenvalue weighted by atomic mass is 10.1. The van der Waals surface area contributed by atoms with Gasteiger partial charge in [-0.25, -0.2) is 4.79 Å². The Morgan fingerprint density at radius 3 is 2.81 bits per heavy atom. The van der Waals surface area contributed by atoms with Crippen molar-refractivity contribution >= 4 is 29.4 Å². The minimum absolute atomic E-state index is 0.00367. The third kappa shape index (κ3) is 5.43. The molecule has 0 spiro atoms. The molecule has 2 fully saturated rings. The van der Waals surface area contributed by atoms with Gasteiger partial charge in [0, 0.05) is 31.4 Å². The highest BCUT2D eigenvalue weighted by molar-refractivity contribution is 5.94. The van der Waals surface area contributed by atoms with Crippen molar-refractivity contribution in [3.05, 3.63) is 24.3 Å². The minimum atomic E-state index is -0.895. The molecular formula is C20H29N6O5+. The molecule has 2 aliphatic rings. The summed E-state index contributed by atoms with van der Waals surface area (Å²) in [7, 11) is 1.54. The molecule has 1 aromatic rings. The van der Waals surface area contributed by atoms with Crippen LogP contribution < -0.4 is 26.4 Å². The summed E-state index contributed by atoms with van der Waals surface area (Å²) in [4.78, 5) is 53.0. The Kier molecular flexibility index (Phi) is 7.29. The lowest BCUT2D eigenvalue weighted by molar-refractivity contribution is -0.357. The van der Waals surface area contributed by atoms with Gasteiger partial charge in [-0.2, -0.15) is 0 Å². The molecule has 2 saturated heterocycles. The summed E-state index contributed by atoms with van der Waals surface area (Å²) < 4.78 is 5.16. The first-order valence-electron chi connectivity index (χ1n) is 10.3. The quantitative estimate of drug-likeness (QED) is 0.440.